The van der Waals surface area contributed by atoms with Gasteiger partial charge in [0.25, 0.3) is 0 Å². The second-order valence-electron chi connectivity index (χ2n) is 5.66. The van der Waals surface area contributed by atoms with Crippen LogP contribution in [0.5, 0.6) is 0 Å². The first kappa shape index (κ1) is 19.2. The van der Waals surface area contributed by atoms with Crippen LogP contribution in [0.25, 0.3) is 11.1 Å². The van der Waals surface area contributed by atoms with Crippen LogP contribution in [0, 0.1) is 46.5 Å². The van der Waals surface area contributed by atoms with Gasteiger partial charge in [-0.05, 0) is 12.3 Å². The molecule has 136 valence electrons. The Morgan fingerprint density at radius 2 is 0.880 bits per heavy atom. The van der Waals surface area contributed by atoms with Gasteiger partial charge in [0.2, 0.25) is 0 Å². The highest BCUT2D eigenvalue weighted by atomic mass is 19.2. The molecule has 0 nitrogen and oxygen atoms in total. The monoisotopic (exact) mass is 368 g/mol. The molecule has 0 atom stereocenters. The van der Waals surface area contributed by atoms with Gasteiger partial charge in [-0.15, -0.1) is 0 Å². The van der Waals surface area contributed by atoms with E-state index in [1.54, 1.807) is 0 Å². The van der Waals surface area contributed by atoms with E-state index in [4.69, 9.17) is 0 Å². The average Bonchev–Trinajstić information content (AvgIpc) is 2.54. The first-order valence-corrected chi connectivity index (χ1v) is 7.27. The van der Waals surface area contributed by atoms with E-state index in [0.29, 0.717) is 0 Å². The zero-order valence-electron chi connectivity index (χ0n) is 13.3. The van der Waals surface area contributed by atoms with Crippen LogP contribution in [0.3, 0.4) is 0 Å². The molecular formula is C17H12F8. The summed E-state index contributed by atoms with van der Waals surface area (Å²) >= 11 is 0. The lowest BCUT2D eigenvalue weighted by Crippen LogP contribution is -2.12. The van der Waals surface area contributed by atoms with Crippen molar-refractivity contribution in [2.75, 3.05) is 0 Å². The zero-order valence-corrected chi connectivity index (χ0v) is 13.3. The predicted octanol–water partition coefficient (Wildman–Crippen LogP) is 6.15. The standard InChI is InChI=1S/C17H12F8/c1-4-6-10(18)14(22)8(15(23)11(6)19)9-16(24)12(20)7(5(2)3)13(21)17(9)25/h5H,4H2,1-3H3. The number of benzene rings is 2. The maximum absolute atomic E-state index is 14.2. The van der Waals surface area contributed by atoms with Crippen LogP contribution in [0.2, 0.25) is 0 Å². The number of hydrogen-bond donors (Lipinski definition) is 0. The van der Waals surface area contributed by atoms with E-state index in [-0.39, 0.29) is 0 Å². The molecule has 0 radical (unpaired) electrons. The molecule has 0 spiro atoms. The van der Waals surface area contributed by atoms with E-state index in [1.807, 2.05) is 0 Å². The van der Waals surface area contributed by atoms with Crippen LogP contribution in [-0.2, 0) is 6.42 Å². The lowest BCUT2D eigenvalue weighted by atomic mass is 9.94. The van der Waals surface area contributed by atoms with Gasteiger partial charge in [-0.2, -0.15) is 0 Å². The SMILES string of the molecule is CCc1c(F)c(F)c(-c2c(F)c(F)c(C(C)C)c(F)c2F)c(F)c1F. The Morgan fingerprint density at radius 3 is 1.16 bits per heavy atom. The van der Waals surface area contributed by atoms with Crippen molar-refractivity contribution in [1.29, 1.82) is 0 Å². The minimum absolute atomic E-state index is 0.453. The van der Waals surface area contributed by atoms with Gasteiger partial charge in [0.1, 0.15) is 0 Å². The van der Waals surface area contributed by atoms with Crippen molar-refractivity contribution in [2.45, 2.75) is 33.1 Å². The smallest absolute Gasteiger partial charge is 0.170 e. The summed E-state index contributed by atoms with van der Waals surface area (Å²) < 4.78 is 112. The summed E-state index contributed by atoms with van der Waals surface area (Å²) in [4.78, 5) is 0. The first-order chi connectivity index (χ1) is 11.6. The highest BCUT2D eigenvalue weighted by molar-refractivity contribution is 5.68. The third-order valence-electron chi connectivity index (χ3n) is 3.83. The third kappa shape index (κ3) is 2.77. The Balaban J connectivity index is 2.99. The topological polar surface area (TPSA) is 0 Å². The van der Waals surface area contributed by atoms with Crippen LogP contribution in [0.1, 0.15) is 37.8 Å². The molecular weight excluding hydrogens is 356 g/mol. The van der Waals surface area contributed by atoms with Gasteiger partial charge in [0, 0.05) is 11.1 Å². The van der Waals surface area contributed by atoms with E-state index in [2.05, 4.69) is 0 Å². The van der Waals surface area contributed by atoms with Crippen LogP contribution in [0.15, 0.2) is 0 Å². The van der Waals surface area contributed by atoms with E-state index in [1.165, 1.54) is 20.8 Å². The second-order valence-corrected chi connectivity index (χ2v) is 5.66. The maximum Gasteiger partial charge on any atom is 0.170 e. The Morgan fingerprint density at radius 1 is 0.560 bits per heavy atom. The van der Waals surface area contributed by atoms with Crippen molar-refractivity contribution < 1.29 is 35.1 Å². The fraction of sp³-hybridized carbons (Fsp3) is 0.294. The third-order valence-corrected chi connectivity index (χ3v) is 3.83. The number of hydrogen-bond acceptors (Lipinski definition) is 0. The highest BCUT2D eigenvalue weighted by Gasteiger charge is 2.34. The van der Waals surface area contributed by atoms with Crippen molar-refractivity contribution in [3.05, 3.63) is 57.7 Å². The number of halogens is 8. The molecule has 0 N–H and O–H groups in total. The van der Waals surface area contributed by atoms with Crippen molar-refractivity contribution in [3.8, 4) is 11.1 Å². The average molecular weight is 368 g/mol. The largest absolute Gasteiger partial charge is 0.203 e. The molecule has 0 fully saturated rings. The molecule has 0 unspecified atom stereocenters. The normalized spacial score (nSPS) is 11.5. The van der Waals surface area contributed by atoms with Crippen LogP contribution < -0.4 is 0 Å². The van der Waals surface area contributed by atoms with Gasteiger partial charge < -0.3 is 0 Å². The van der Waals surface area contributed by atoms with E-state index in [0.717, 1.165) is 0 Å². The molecule has 0 saturated heterocycles. The summed E-state index contributed by atoms with van der Waals surface area (Å²) in [5, 5.41) is 0. The van der Waals surface area contributed by atoms with Crippen molar-refractivity contribution in [2.24, 2.45) is 0 Å². The van der Waals surface area contributed by atoms with Crippen LogP contribution in [-0.4, -0.2) is 0 Å². The minimum atomic E-state index is -2.14. The lowest BCUT2D eigenvalue weighted by molar-refractivity contribution is 0.425. The van der Waals surface area contributed by atoms with Gasteiger partial charge in [0.05, 0.1) is 11.1 Å². The summed E-state index contributed by atoms with van der Waals surface area (Å²) in [7, 11) is 0. The van der Waals surface area contributed by atoms with Gasteiger partial charge in [0.15, 0.2) is 46.5 Å². The molecule has 0 aliphatic rings. The van der Waals surface area contributed by atoms with Crippen molar-refractivity contribution >= 4 is 0 Å². The zero-order chi connectivity index (χ0) is 19.2. The summed E-state index contributed by atoms with van der Waals surface area (Å²) in [6.45, 7) is 3.66. The maximum atomic E-state index is 14.2. The van der Waals surface area contributed by atoms with E-state index >= 15 is 0 Å². The minimum Gasteiger partial charge on any atom is -0.203 e. The molecule has 0 saturated carbocycles. The Bertz CT molecular complexity index is 797. The Kier molecular flexibility index (Phi) is 5.11. The molecule has 0 aromatic heterocycles. The van der Waals surface area contributed by atoms with E-state index < -0.39 is 81.1 Å². The molecule has 0 aliphatic carbocycles. The molecule has 0 aliphatic heterocycles. The quantitative estimate of drug-likeness (QED) is 0.450. The lowest BCUT2D eigenvalue weighted by Gasteiger charge is -2.16. The molecule has 0 amide bonds. The fourth-order valence-corrected chi connectivity index (χ4v) is 2.58. The molecule has 2 aromatic carbocycles. The fourth-order valence-electron chi connectivity index (χ4n) is 2.58. The van der Waals surface area contributed by atoms with Gasteiger partial charge in [-0.3, -0.25) is 0 Å². The summed E-state index contributed by atoms with van der Waals surface area (Å²) in [5.74, 6) is -17.1. The summed E-state index contributed by atoms with van der Waals surface area (Å²) in [6, 6.07) is 0. The van der Waals surface area contributed by atoms with Crippen LogP contribution >= 0.6 is 0 Å². The molecule has 8 heteroatoms. The Labute approximate surface area is 138 Å². The predicted molar refractivity (Wildman–Crippen MR) is 75.0 cm³/mol. The van der Waals surface area contributed by atoms with Gasteiger partial charge in [-0.1, -0.05) is 20.8 Å². The molecule has 2 aromatic rings. The summed E-state index contributed by atoms with van der Waals surface area (Å²) in [6.07, 6.45) is -0.453. The highest BCUT2D eigenvalue weighted by Crippen LogP contribution is 2.39. The van der Waals surface area contributed by atoms with E-state index in [9.17, 15) is 35.1 Å². The molecule has 0 bridgehead atoms. The van der Waals surface area contributed by atoms with Crippen molar-refractivity contribution in [3.63, 3.8) is 0 Å². The van der Waals surface area contributed by atoms with Gasteiger partial charge >= 0.3 is 0 Å². The van der Waals surface area contributed by atoms with Crippen molar-refractivity contribution in [1.82, 2.24) is 0 Å². The Hall–Kier alpha value is -2.12. The van der Waals surface area contributed by atoms with Gasteiger partial charge in [-0.25, -0.2) is 35.1 Å². The van der Waals surface area contributed by atoms with Crippen LogP contribution in [0.4, 0.5) is 35.1 Å². The molecule has 25 heavy (non-hydrogen) atoms. The number of rotatable bonds is 3. The summed E-state index contributed by atoms with van der Waals surface area (Å²) in [5.41, 5.74) is -5.64. The first-order valence-electron chi connectivity index (χ1n) is 7.27. The second kappa shape index (κ2) is 6.65. The molecule has 2 rings (SSSR count). The molecule has 0 heterocycles.